The summed E-state index contributed by atoms with van der Waals surface area (Å²) in [6.45, 7) is 0. The summed E-state index contributed by atoms with van der Waals surface area (Å²) < 4.78 is 1.99. The maximum absolute atomic E-state index is 9.19. The Morgan fingerprint density at radius 2 is 2.26 bits per heavy atom. The number of hydrogen-bond acceptors (Lipinski definition) is 5. The van der Waals surface area contributed by atoms with E-state index in [-0.39, 0.29) is 18.1 Å². The lowest BCUT2D eigenvalue weighted by atomic mass is 9.95. The molecule has 0 amide bonds. The molecule has 3 heterocycles. The number of nitrogens with one attached hydrogen (secondary N) is 1. The van der Waals surface area contributed by atoms with Crippen molar-refractivity contribution in [1.82, 2.24) is 15.1 Å². The number of rotatable bonds is 4. The summed E-state index contributed by atoms with van der Waals surface area (Å²) in [6.07, 6.45) is 15.1. The molecule has 6 heteroatoms. The Hall–Kier alpha value is -2.42. The van der Waals surface area contributed by atoms with Crippen LogP contribution in [0.4, 0.5) is 0 Å². The molecular weight excluding hydrogens is 288 g/mol. The minimum Gasteiger partial charge on any atom is -0.369 e. The molecule has 0 spiro atoms. The van der Waals surface area contributed by atoms with Gasteiger partial charge in [-0.05, 0) is 25.0 Å². The first-order valence-electron chi connectivity index (χ1n) is 8.30. The van der Waals surface area contributed by atoms with Crippen LogP contribution < -0.4 is 5.32 Å². The highest BCUT2D eigenvalue weighted by Gasteiger charge is 2.31. The molecule has 2 aliphatic heterocycles. The zero-order valence-corrected chi connectivity index (χ0v) is 13.0. The number of fused-ring (bicyclic) bond motifs is 1. The number of nitrogens with zero attached hydrogens (tertiary/aromatic N) is 5. The van der Waals surface area contributed by atoms with Gasteiger partial charge in [-0.15, -0.1) is 0 Å². The van der Waals surface area contributed by atoms with Crippen LogP contribution in [0, 0.1) is 23.2 Å². The van der Waals surface area contributed by atoms with E-state index < -0.39 is 0 Å². The molecule has 1 saturated carbocycles. The minimum atomic E-state index is 0.0515. The minimum absolute atomic E-state index is 0.0515. The third kappa shape index (κ3) is 2.56. The first-order valence-corrected chi connectivity index (χ1v) is 8.30. The molecule has 2 unspecified atom stereocenters. The molecule has 23 heavy (non-hydrogen) atoms. The summed E-state index contributed by atoms with van der Waals surface area (Å²) >= 11 is 0. The van der Waals surface area contributed by atoms with Crippen molar-refractivity contribution in [3.05, 3.63) is 30.2 Å². The molecular formula is C17H20N6. The topological polar surface area (TPSA) is 78.4 Å². The molecule has 0 aromatic carbocycles. The summed E-state index contributed by atoms with van der Waals surface area (Å²) in [6, 6.07) is 2.52. The van der Waals surface area contributed by atoms with Crippen molar-refractivity contribution in [3.8, 4) is 6.07 Å². The summed E-state index contributed by atoms with van der Waals surface area (Å²) in [4.78, 5) is 8.82. The Morgan fingerprint density at radius 1 is 1.39 bits per heavy atom. The van der Waals surface area contributed by atoms with Crippen molar-refractivity contribution in [2.24, 2.45) is 21.8 Å². The van der Waals surface area contributed by atoms with Crippen LogP contribution in [0.2, 0.25) is 0 Å². The van der Waals surface area contributed by atoms with Crippen molar-refractivity contribution in [2.75, 3.05) is 0 Å². The van der Waals surface area contributed by atoms with Crippen LogP contribution in [-0.4, -0.2) is 28.0 Å². The molecule has 0 bridgehead atoms. The highest BCUT2D eigenvalue weighted by molar-refractivity contribution is 6.07. The van der Waals surface area contributed by atoms with Gasteiger partial charge >= 0.3 is 0 Å². The molecule has 1 aromatic rings. The van der Waals surface area contributed by atoms with Crippen LogP contribution in [0.1, 0.15) is 43.7 Å². The predicted octanol–water partition coefficient (Wildman–Crippen LogP) is 2.42. The van der Waals surface area contributed by atoms with Gasteiger partial charge in [0.05, 0.1) is 36.4 Å². The van der Waals surface area contributed by atoms with E-state index in [9.17, 15) is 5.26 Å². The summed E-state index contributed by atoms with van der Waals surface area (Å²) in [5.41, 5.74) is 2.03. The zero-order valence-electron chi connectivity index (χ0n) is 13.0. The number of nitriles is 1. The van der Waals surface area contributed by atoms with Gasteiger partial charge in [0, 0.05) is 11.8 Å². The second-order valence-electron chi connectivity index (χ2n) is 6.46. The van der Waals surface area contributed by atoms with E-state index in [2.05, 4.69) is 38.7 Å². The van der Waals surface area contributed by atoms with Gasteiger partial charge in [0.15, 0.2) is 0 Å². The van der Waals surface area contributed by atoms with E-state index in [4.69, 9.17) is 0 Å². The molecule has 6 nitrogen and oxygen atoms in total. The summed E-state index contributed by atoms with van der Waals surface area (Å²) in [5, 5.41) is 17.0. The first-order chi connectivity index (χ1) is 11.4. The highest BCUT2D eigenvalue weighted by atomic mass is 15.3. The van der Waals surface area contributed by atoms with Crippen LogP contribution >= 0.6 is 0 Å². The van der Waals surface area contributed by atoms with Gasteiger partial charge in [-0.2, -0.15) is 10.4 Å². The Bertz CT molecular complexity index is 701. The van der Waals surface area contributed by atoms with Crippen LogP contribution in [0.15, 0.2) is 34.7 Å². The number of aliphatic imine (C=N–C) groups is 2. The van der Waals surface area contributed by atoms with E-state index in [1.54, 1.807) is 6.34 Å². The number of hydrogen-bond donors (Lipinski definition) is 1. The third-order valence-electron chi connectivity index (χ3n) is 5.13. The monoisotopic (exact) mass is 308 g/mol. The number of aromatic nitrogens is 2. The summed E-state index contributed by atoms with van der Waals surface area (Å²) in [7, 11) is 0. The first kappa shape index (κ1) is 14.2. The molecule has 1 N–H and O–H groups in total. The SMILES string of the molecule is N#CC[C@H](C1CCCC1)n1cc(C2=NC=NC3NC=CC23)cn1. The summed E-state index contributed by atoms with van der Waals surface area (Å²) in [5.74, 6) is 0.733. The van der Waals surface area contributed by atoms with Crippen molar-refractivity contribution < 1.29 is 0 Å². The molecule has 3 aliphatic rings. The van der Waals surface area contributed by atoms with Gasteiger partial charge in [0.25, 0.3) is 0 Å². The van der Waals surface area contributed by atoms with Gasteiger partial charge in [-0.25, -0.2) is 9.98 Å². The van der Waals surface area contributed by atoms with Crippen molar-refractivity contribution in [3.63, 3.8) is 0 Å². The van der Waals surface area contributed by atoms with Crippen LogP contribution in [0.5, 0.6) is 0 Å². The molecule has 3 atom stereocenters. The molecule has 0 radical (unpaired) electrons. The van der Waals surface area contributed by atoms with Crippen molar-refractivity contribution >= 4 is 12.1 Å². The molecule has 0 saturated heterocycles. The fraction of sp³-hybridized carbons (Fsp3) is 0.529. The van der Waals surface area contributed by atoms with Gasteiger partial charge in [-0.3, -0.25) is 4.68 Å². The quantitative estimate of drug-likeness (QED) is 0.927. The van der Waals surface area contributed by atoms with E-state index in [1.165, 1.54) is 25.7 Å². The van der Waals surface area contributed by atoms with E-state index in [1.807, 2.05) is 17.1 Å². The van der Waals surface area contributed by atoms with Crippen LogP contribution in [0.25, 0.3) is 0 Å². The normalized spacial score (nSPS) is 27.3. The van der Waals surface area contributed by atoms with E-state index in [0.29, 0.717) is 12.3 Å². The average molecular weight is 308 g/mol. The Balaban J connectivity index is 1.60. The maximum atomic E-state index is 9.19. The second kappa shape index (κ2) is 5.99. The fourth-order valence-electron chi connectivity index (χ4n) is 3.93. The second-order valence-corrected chi connectivity index (χ2v) is 6.46. The molecule has 1 aromatic heterocycles. The smallest absolute Gasteiger partial charge is 0.132 e. The predicted molar refractivity (Wildman–Crippen MR) is 88.0 cm³/mol. The average Bonchev–Trinajstić information content (AvgIpc) is 3.32. The van der Waals surface area contributed by atoms with E-state index >= 15 is 0 Å². The van der Waals surface area contributed by atoms with Crippen LogP contribution in [-0.2, 0) is 0 Å². The largest absolute Gasteiger partial charge is 0.369 e. The molecule has 118 valence electrons. The van der Waals surface area contributed by atoms with Crippen molar-refractivity contribution in [1.29, 1.82) is 5.26 Å². The Kier molecular flexibility index (Phi) is 3.70. The lowest BCUT2D eigenvalue weighted by Gasteiger charge is -2.22. The van der Waals surface area contributed by atoms with E-state index in [0.717, 1.165) is 11.3 Å². The van der Waals surface area contributed by atoms with Gasteiger partial charge in [0.2, 0.25) is 0 Å². The highest BCUT2D eigenvalue weighted by Crippen LogP contribution is 2.36. The Labute approximate surface area is 135 Å². The van der Waals surface area contributed by atoms with Gasteiger partial charge < -0.3 is 5.32 Å². The standard InChI is InChI=1S/C17H20N6/c18-7-5-15(12-3-1-2-4-12)23-10-13(9-22-23)16-14-6-8-19-17(14)21-11-20-16/h6,8-12,14-15,17,19H,1-5H2/t14?,15-,17?/m1/s1. The third-order valence-corrected chi connectivity index (χ3v) is 5.13. The van der Waals surface area contributed by atoms with Crippen molar-refractivity contribution in [2.45, 2.75) is 44.3 Å². The fourth-order valence-corrected chi connectivity index (χ4v) is 3.93. The van der Waals surface area contributed by atoms with Gasteiger partial charge in [-0.1, -0.05) is 18.9 Å². The molecule has 4 rings (SSSR count). The molecule has 1 fully saturated rings. The van der Waals surface area contributed by atoms with Gasteiger partial charge in [0.1, 0.15) is 12.5 Å². The Morgan fingerprint density at radius 3 is 3.09 bits per heavy atom. The lowest BCUT2D eigenvalue weighted by molar-refractivity contribution is 0.314. The van der Waals surface area contributed by atoms with Crippen LogP contribution in [0.3, 0.4) is 0 Å². The molecule has 1 aliphatic carbocycles. The maximum Gasteiger partial charge on any atom is 0.132 e. The zero-order chi connectivity index (χ0) is 15.6. The lowest BCUT2D eigenvalue weighted by Crippen LogP contribution is -2.33.